The molecule has 2 aromatic carbocycles. The summed E-state index contributed by atoms with van der Waals surface area (Å²) < 4.78 is 43.5. The van der Waals surface area contributed by atoms with Gasteiger partial charge in [0.15, 0.2) is 11.5 Å². The number of carbonyl (C=O) groups is 1. The van der Waals surface area contributed by atoms with Crippen LogP contribution < -0.4 is 13.8 Å². The maximum absolute atomic E-state index is 13.4. The van der Waals surface area contributed by atoms with E-state index in [-0.39, 0.29) is 4.90 Å². The number of carbonyl (C=O) groups excluding carboxylic acids is 1. The number of nitrogens with zero attached hydrogens (tertiary/aromatic N) is 1. The average molecular weight is 391 g/mol. The Morgan fingerprint density at radius 2 is 1.70 bits per heavy atom. The van der Waals surface area contributed by atoms with Gasteiger partial charge in [0.1, 0.15) is 19.8 Å². The second-order valence-corrected chi connectivity index (χ2v) is 8.00. The SMILES string of the molecule is COC(=O)CN(c1c(C)cccc1C)S(=O)(=O)c1ccc2c(c1)OCCO2. The summed E-state index contributed by atoms with van der Waals surface area (Å²) in [6.45, 7) is 3.92. The van der Waals surface area contributed by atoms with Gasteiger partial charge in [0.05, 0.1) is 17.7 Å². The van der Waals surface area contributed by atoms with Gasteiger partial charge >= 0.3 is 5.97 Å². The molecule has 0 atom stereocenters. The lowest BCUT2D eigenvalue weighted by molar-refractivity contribution is -0.138. The minimum absolute atomic E-state index is 0.0123. The van der Waals surface area contributed by atoms with Crippen LogP contribution in [0.3, 0.4) is 0 Å². The summed E-state index contributed by atoms with van der Waals surface area (Å²) >= 11 is 0. The van der Waals surface area contributed by atoms with Crippen molar-refractivity contribution >= 4 is 21.7 Å². The molecule has 0 saturated heterocycles. The van der Waals surface area contributed by atoms with Gasteiger partial charge < -0.3 is 14.2 Å². The molecule has 1 heterocycles. The third-order valence-corrected chi connectivity index (χ3v) is 6.03. The number of anilines is 1. The van der Waals surface area contributed by atoms with E-state index in [1.807, 2.05) is 6.07 Å². The second-order valence-electron chi connectivity index (χ2n) is 6.13. The smallest absolute Gasteiger partial charge is 0.326 e. The van der Waals surface area contributed by atoms with E-state index in [1.165, 1.54) is 19.2 Å². The van der Waals surface area contributed by atoms with Crippen molar-refractivity contribution in [2.75, 3.05) is 31.2 Å². The second kappa shape index (κ2) is 7.48. The van der Waals surface area contributed by atoms with E-state index >= 15 is 0 Å². The first-order valence-corrected chi connectivity index (χ1v) is 9.84. The lowest BCUT2D eigenvalue weighted by Gasteiger charge is -2.27. The Kier molecular flexibility index (Phi) is 5.27. The molecule has 0 amide bonds. The van der Waals surface area contributed by atoms with Crippen molar-refractivity contribution in [3.63, 3.8) is 0 Å². The Hall–Kier alpha value is -2.74. The highest BCUT2D eigenvalue weighted by Crippen LogP contribution is 2.35. The van der Waals surface area contributed by atoms with Gasteiger partial charge in [0, 0.05) is 6.07 Å². The summed E-state index contributed by atoms with van der Waals surface area (Å²) in [6.07, 6.45) is 0. The fourth-order valence-corrected chi connectivity index (χ4v) is 4.53. The zero-order valence-corrected chi connectivity index (χ0v) is 16.2. The predicted molar refractivity (Wildman–Crippen MR) is 99.9 cm³/mol. The van der Waals surface area contributed by atoms with Crippen LogP contribution in [-0.2, 0) is 19.6 Å². The van der Waals surface area contributed by atoms with Crippen LogP contribution in [0.25, 0.3) is 0 Å². The lowest BCUT2D eigenvalue weighted by atomic mass is 10.1. The average Bonchev–Trinajstić information content (AvgIpc) is 2.66. The number of rotatable bonds is 5. The summed E-state index contributed by atoms with van der Waals surface area (Å²) in [5, 5.41) is 0. The van der Waals surface area contributed by atoms with Crippen LogP contribution in [0.4, 0.5) is 5.69 Å². The number of esters is 1. The van der Waals surface area contributed by atoms with E-state index in [1.54, 1.807) is 32.0 Å². The Labute approximate surface area is 158 Å². The first-order chi connectivity index (χ1) is 12.8. The molecule has 0 unspecified atom stereocenters. The fourth-order valence-electron chi connectivity index (χ4n) is 2.98. The molecule has 2 aromatic rings. The molecule has 0 N–H and O–H groups in total. The molecular formula is C19H21NO6S. The molecule has 0 spiro atoms. The molecule has 3 rings (SSSR count). The third-order valence-electron chi connectivity index (χ3n) is 4.29. The van der Waals surface area contributed by atoms with Gasteiger partial charge in [-0.25, -0.2) is 8.42 Å². The van der Waals surface area contributed by atoms with Crippen molar-refractivity contribution < 1.29 is 27.4 Å². The quantitative estimate of drug-likeness (QED) is 0.728. The number of hydrogen-bond donors (Lipinski definition) is 0. The van der Waals surface area contributed by atoms with Gasteiger partial charge in [0.25, 0.3) is 10.0 Å². The highest BCUT2D eigenvalue weighted by molar-refractivity contribution is 7.92. The molecule has 0 saturated carbocycles. The van der Waals surface area contributed by atoms with Crippen molar-refractivity contribution in [2.45, 2.75) is 18.7 Å². The molecular weight excluding hydrogens is 370 g/mol. The maximum atomic E-state index is 13.4. The molecule has 0 aromatic heterocycles. The Morgan fingerprint density at radius 3 is 2.33 bits per heavy atom. The molecule has 1 aliphatic heterocycles. The number of ether oxygens (including phenoxy) is 3. The van der Waals surface area contributed by atoms with Gasteiger partial charge in [-0.3, -0.25) is 9.10 Å². The molecule has 7 nitrogen and oxygen atoms in total. The van der Waals surface area contributed by atoms with E-state index in [0.717, 1.165) is 15.4 Å². The fraction of sp³-hybridized carbons (Fsp3) is 0.316. The first kappa shape index (κ1) is 19.0. The van der Waals surface area contributed by atoms with Crippen molar-refractivity contribution in [2.24, 2.45) is 0 Å². The van der Waals surface area contributed by atoms with Crippen LogP contribution in [0.5, 0.6) is 11.5 Å². The number of hydrogen-bond acceptors (Lipinski definition) is 6. The molecule has 27 heavy (non-hydrogen) atoms. The molecule has 0 radical (unpaired) electrons. The zero-order chi connectivity index (χ0) is 19.6. The van der Waals surface area contributed by atoms with Crippen LogP contribution in [0, 0.1) is 13.8 Å². The van der Waals surface area contributed by atoms with E-state index in [0.29, 0.717) is 30.4 Å². The minimum atomic E-state index is -4.04. The maximum Gasteiger partial charge on any atom is 0.326 e. The van der Waals surface area contributed by atoms with Crippen LogP contribution in [-0.4, -0.2) is 41.3 Å². The van der Waals surface area contributed by atoms with Gasteiger partial charge in [-0.1, -0.05) is 18.2 Å². The highest BCUT2D eigenvalue weighted by Gasteiger charge is 2.31. The van der Waals surface area contributed by atoms with E-state index in [9.17, 15) is 13.2 Å². The van der Waals surface area contributed by atoms with E-state index in [2.05, 4.69) is 0 Å². The standard InChI is InChI=1S/C19H21NO6S/c1-13-5-4-6-14(2)19(13)20(12-18(21)24-3)27(22,23)15-7-8-16-17(11-15)26-10-9-25-16/h4-8,11H,9-10,12H2,1-3H3. The Bertz CT molecular complexity index is 950. The van der Waals surface area contributed by atoms with Crippen LogP contribution in [0.1, 0.15) is 11.1 Å². The molecule has 0 aliphatic carbocycles. The van der Waals surface area contributed by atoms with E-state index < -0.39 is 22.5 Å². The summed E-state index contributed by atoms with van der Waals surface area (Å²) in [5.74, 6) is 0.201. The largest absolute Gasteiger partial charge is 0.486 e. The Balaban J connectivity index is 2.12. The van der Waals surface area contributed by atoms with Gasteiger partial charge in [-0.2, -0.15) is 0 Å². The molecule has 8 heteroatoms. The number of fused-ring (bicyclic) bond motifs is 1. The van der Waals surface area contributed by atoms with Crippen LogP contribution >= 0.6 is 0 Å². The minimum Gasteiger partial charge on any atom is -0.486 e. The number of benzene rings is 2. The zero-order valence-electron chi connectivity index (χ0n) is 15.4. The summed E-state index contributed by atoms with van der Waals surface area (Å²) in [6, 6.07) is 9.85. The molecule has 0 bridgehead atoms. The number of sulfonamides is 1. The summed E-state index contributed by atoms with van der Waals surface area (Å²) in [4.78, 5) is 12.0. The first-order valence-electron chi connectivity index (χ1n) is 8.40. The molecule has 0 fully saturated rings. The van der Waals surface area contributed by atoms with Crippen molar-refractivity contribution in [1.82, 2.24) is 0 Å². The Morgan fingerprint density at radius 1 is 1.07 bits per heavy atom. The third kappa shape index (κ3) is 3.71. The molecule has 1 aliphatic rings. The lowest BCUT2D eigenvalue weighted by Crippen LogP contribution is -2.37. The normalized spacial score (nSPS) is 13.1. The highest BCUT2D eigenvalue weighted by atomic mass is 32.2. The van der Waals surface area contributed by atoms with Crippen molar-refractivity contribution in [3.8, 4) is 11.5 Å². The van der Waals surface area contributed by atoms with Crippen LogP contribution in [0.2, 0.25) is 0 Å². The van der Waals surface area contributed by atoms with Gasteiger partial charge in [-0.05, 0) is 37.1 Å². The van der Waals surface area contributed by atoms with Gasteiger partial charge in [0.2, 0.25) is 0 Å². The predicted octanol–water partition coefficient (Wildman–Crippen LogP) is 2.44. The van der Waals surface area contributed by atoms with Crippen molar-refractivity contribution in [3.05, 3.63) is 47.5 Å². The van der Waals surface area contributed by atoms with Crippen molar-refractivity contribution in [1.29, 1.82) is 0 Å². The topological polar surface area (TPSA) is 82.1 Å². The summed E-state index contributed by atoms with van der Waals surface area (Å²) in [5.41, 5.74) is 1.93. The van der Waals surface area contributed by atoms with Crippen LogP contribution in [0.15, 0.2) is 41.3 Å². The number of aryl methyl sites for hydroxylation is 2. The van der Waals surface area contributed by atoms with E-state index in [4.69, 9.17) is 14.2 Å². The van der Waals surface area contributed by atoms with Gasteiger partial charge in [-0.15, -0.1) is 0 Å². The number of methoxy groups -OCH3 is 1. The number of para-hydroxylation sites is 1. The monoisotopic (exact) mass is 391 g/mol. The molecule has 144 valence electrons. The summed E-state index contributed by atoms with van der Waals surface area (Å²) in [7, 11) is -2.82.